The first kappa shape index (κ1) is 18.8. The number of rotatable bonds is 4. The number of hydrogen-bond donors (Lipinski definition) is 0. The van der Waals surface area contributed by atoms with Gasteiger partial charge in [-0.3, -0.25) is 4.79 Å². The Morgan fingerprint density at radius 2 is 1.67 bits per heavy atom. The van der Waals surface area contributed by atoms with Gasteiger partial charge in [-0.15, -0.1) is 0 Å². The average Bonchev–Trinajstić information content (AvgIpc) is 2.52. The second-order valence-electron chi connectivity index (χ2n) is 5.55. The number of carbonyl (C=O) groups is 1. The number of amides is 1. The van der Waals surface area contributed by atoms with Crippen LogP contribution in [0.3, 0.4) is 0 Å². The molecular weight excluding hydrogens is 369 g/mol. The minimum absolute atomic E-state index is 0.176. The van der Waals surface area contributed by atoms with Crippen LogP contribution < -0.4 is 0 Å². The van der Waals surface area contributed by atoms with Crippen LogP contribution in [0, 0.1) is 0 Å². The second kappa shape index (κ2) is 7.13. The van der Waals surface area contributed by atoms with E-state index in [2.05, 4.69) is 0 Å². The molecule has 0 fully saturated rings. The average molecular weight is 386 g/mol. The Morgan fingerprint density at radius 3 is 2.17 bits per heavy atom. The Hall–Kier alpha value is -1.56. The van der Waals surface area contributed by atoms with Crippen LogP contribution in [0.1, 0.15) is 28.9 Å². The van der Waals surface area contributed by atoms with Gasteiger partial charge in [0, 0.05) is 28.9 Å². The van der Waals surface area contributed by atoms with Crippen LogP contribution in [0.5, 0.6) is 0 Å². The van der Waals surface area contributed by atoms with Crippen LogP contribution in [0.25, 0.3) is 0 Å². The van der Waals surface area contributed by atoms with E-state index in [0.29, 0.717) is 15.6 Å². The zero-order valence-corrected chi connectivity index (χ0v) is 15.8. The Morgan fingerprint density at radius 1 is 1.08 bits per heavy atom. The van der Waals surface area contributed by atoms with E-state index in [-0.39, 0.29) is 16.8 Å². The van der Waals surface area contributed by atoms with Gasteiger partial charge in [0.05, 0.1) is 10.9 Å². The van der Waals surface area contributed by atoms with Crippen LogP contribution >= 0.6 is 23.2 Å². The summed E-state index contributed by atoms with van der Waals surface area (Å²) in [6.07, 6.45) is 1.13. The Labute approximate surface area is 151 Å². The van der Waals surface area contributed by atoms with Crippen LogP contribution in [-0.2, 0) is 9.84 Å². The van der Waals surface area contributed by atoms with Crippen molar-refractivity contribution in [3.8, 4) is 0 Å². The van der Waals surface area contributed by atoms with Crippen molar-refractivity contribution in [2.75, 3.05) is 13.3 Å². The molecule has 0 saturated heterocycles. The molecule has 0 aliphatic carbocycles. The summed E-state index contributed by atoms with van der Waals surface area (Å²) in [5.41, 5.74) is 1.19. The molecule has 2 aromatic carbocycles. The molecule has 0 N–H and O–H groups in total. The standard InChI is InChI=1S/C17H17Cl2NO3S/c1-11(15-9-6-13(18)10-16(15)19)20(2)17(21)12-4-7-14(8-5-12)24(3,22)23/h4-11H,1-3H3. The molecule has 0 saturated carbocycles. The van der Waals surface area contributed by atoms with E-state index in [1.54, 1.807) is 30.1 Å². The maximum atomic E-state index is 12.6. The van der Waals surface area contributed by atoms with Gasteiger partial charge in [0.2, 0.25) is 0 Å². The Bertz CT molecular complexity index is 864. The Kier molecular flexibility index (Phi) is 5.58. The predicted molar refractivity (Wildman–Crippen MR) is 96.5 cm³/mol. The van der Waals surface area contributed by atoms with Gasteiger partial charge in [-0.25, -0.2) is 8.42 Å². The van der Waals surface area contributed by atoms with E-state index in [0.717, 1.165) is 11.8 Å². The van der Waals surface area contributed by atoms with Crippen LogP contribution in [-0.4, -0.2) is 32.5 Å². The van der Waals surface area contributed by atoms with Crippen molar-refractivity contribution < 1.29 is 13.2 Å². The molecule has 1 atom stereocenters. The maximum absolute atomic E-state index is 12.6. The topological polar surface area (TPSA) is 54.5 Å². The summed E-state index contributed by atoms with van der Waals surface area (Å²) in [5, 5.41) is 1.02. The molecule has 24 heavy (non-hydrogen) atoms. The highest BCUT2D eigenvalue weighted by atomic mass is 35.5. The van der Waals surface area contributed by atoms with E-state index < -0.39 is 9.84 Å². The number of carbonyl (C=O) groups excluding carboxylic acids is 1. The third-order valence-electron chi connectivity index (χ3n) is 3.84. The lowest BCUT2D eigenvalue weighted by Gasteiger charge is -2.26. The first-order valence-electron chi connectivity index (χ1n) is 7.13. The van der Waals surface area contributed by atoms with Gasteiger partial charge in [0.1, 0.15) is 0 Å². The molecule has 128 valence electrons. The second-order valence-corrected chi connectivity index (χ2v) is 8.41. The molecule has 7 heteroatoms. The first-order chi connectivity index (χ1) is 11.1. The smallest absolute Gasteiger partial charge is 0.254 e. The molecule has 2 aromatic rings. The molecule has 2 rings (SSSR count). The van der Waals surface area contributed by atoms with Crippen LogP contribution in [0.2, 0.25) is 10.0 Å². The molecule has 4 nitrogen and oxygen atoms in total. The number of sulfone groups is 1. The van der Waals surface area contributed by atoms with Crippen molar-refractivity contribution in [2.45, 2.75) is 17.9 Å². The summed E-state index contributed by atoms with van der Waals surface area (Å²) in [6.45, 7) is 1.86. The lowest BCUT2D eigenvalue weighted by molar-refractivity contribution is 0.0742. The van der Waals surface area contributed by atoms with Crippen molar-refractivity contribution in [3.05, 3.63) is 63.6 Å². The summed E-state index contributed by atoms with van der Waals surface area (Å²) < 4.78 is 23.0. The van der Waals surface area contributed by atoms with E-state index >= 15 is 0 Å². The lowest BCUT2D eigenvalue weighted by atomic mass is 10.1. The minimum atomic E-state index is -3.29. The van der Waals surface area contributed by atoms with Crippen molar-refractivity contribution in [2.24, 2.45) is 0 Å². The number of nitrogens with zero attached hydrogens (tertiary/aromatic N) is 1. The summed E-state index contributed by atoms with van der Waals surface area (Å²) in [5.74, 6) is -0.228. The highest BCUT2D eigenvalue weighted by Crippen LogP contribution is 2.29. The molecule has 0 bridgehead atoms. The molecule has 1 unspecified atom stereocenters. The zero-order valence-electron chi connectivity index (χ0n) is 13.5. The largest absolute Gasteiger partial charge is 0.335 e. The fourth-order valence-corrected chi connectivity index (χ4v) is 3.47. The molecule has 1 amide bonds. The highest BCUT2D eigenvalue weighted by Gasteiger charge is 2.21. The van der Waals surface area contributed by atoms with Gasteiger partial charge in [-0.1, -0.05) is 29.3 Å². The predicted octanol–water partition coefficient (Wildman–Crippen LogP) is 4.23. The van der Waals surface area contributed by atoms with E-state index in [1.165, 1.54) is 24.3 Å². The molecule has 0 heterocycles. The van der Waals surface area contributed by atoms with E-state index in [9.17, 15) is 13.2 Å². The fourth-order valence-electron chi connectivity index (χ4n) is 2.27. The Balaban J connectivity index is 2.25. The molecule has 0 aliphatic heterocycles. The van der Waals surface area contributed by atoms with Crippen molar-refractivity contribution in [1.29, 1.82) is 0 Å². The number of halogens is 2. The van der Waals surface area contributed by atoms with E-state index in [4.69, 9.17) is 23.2 Å². The van der Waals surface area contributed by atoms with Crippen LogP contribution in [0.4, 0.5) is 0 Å². The third-order valence-corrected chi connectivity index (χ3v) is 5.53. The van der Waals surface area contributed by atoms with Gasteiger partial charge in [-0.2, -0.15) is 0 Å². The monoisotopic (exact) mass is 385 g/mol. The van der Waals surface area contributed by atoms with Crippen LogP contribution in [0.15, 0.2) is 47.4 Å². The van der Waals surface area contributed by atoms with Gasteiger partial charge >= 0.3 is 0 Å². The number of hydrogen-bond acceptors (Lipinski definition) is 3. The van der Waals surface area contributed by atoms with Crippen molar-refractivity contribution in [3.63, 3.8) is 0 Å². The van der Waals surface area contributed by atoms with Gasteiger partial charge < -0.3 is 4.90 Å². The first-order valence-corrected chi connectivity index (χ1v) is 9.78. The lowest BCUT2D eigenvalue weighted by Crippen LogP contribution is -2.29. The number of benzene rings is 2. The molecular formula is C17H17Cl2NO3S. The molecule has 0 aromatic heterocycles. The summed E-state index contributed by atoms with van der Waals surface area (Å²) in [6, 6.07) is 10.7. The SMILES string of the molecule is CC(c1ccc(Cl)cc1Cl)N(C)C(=O)c1ccc(S(C)(=O)=O)cc1. The normalized spacial score (nSPS) is 12.7. The molecule has 0 aliphatic rings. The fraction of sp³-hybridized carbons (Fsp3) is 0.235. The van der Waals surface area contributed by atoms with Gasteiger partial charge in [-0.05, 0) is 48.9 Å². The summed E-state index contributed by atoms with van der Waals surface area (Å²) >= 11 is 12.1. The third kappa shape index (κ3) is 4.09. The van der Waals surface area contributed by atoms with Gasteiger partial charge in [0.25, 0.3) is 5.91 Å². The highest BCUT2D eigenvalue weighted by molar-refractivity contribution is 7.90. The van der Waals surface area contributed by atoms with Gasteiger partial charge in [0.15, 0.2) is 9.84 Å². The summed E-state index contributed by atoms with van der Waals surface area (Å²) in [7, 11) is -1.62. The maximum Gasteiger partial charge on any atom is 0.254 e. The molecule has 0 radical (unpaired) electrons. The summed E-state index contributed by atoms with van der Waals surface area (Å²) in [4.78, 5) is 14.3. The zero-order chi connectivity index (χ0) is 18.1. The quantitative estimate of drug-likeness (QED) is 0.790. The molecule has 0 spiro atoms. The minimum Gasteiger partial charge on any atom is -0.335 e. The van der Waals surface area contributed by atoms with Crippen molar-refractivity contribution in [1.82, 2.24) is 4.90 Å². The van der Waals surface area contributed by atoms with E-state index in [1.807, 2.05) is 6.92 Å². The van der Waals surface area contributed by atoms with Crippen molar-refractivity contribution >= 4 is 38.9 Å².